The van der Waals surface area contributed by atoms with Crippen LogP contribution in [0.5, 0.6) is 0 Å². The lowest BCUT2D eigenvalue weighted by atomic mass is 9.99. The Hall–Kier alpha value is -2.80. The third kappa shape index (κ3) is 4.05. The van der Waals surface area contributed by atoms with Crippen LogP contribution in [0, 0.1) is 5.92 Å². The molecule has 1 atom stereocenters. The number of anilines is 2. The van der Waals surface area contributed by atoms with Gasteiger partial charge in [0.25, 0.3) is 0 Å². The van der Waals surface area contributed by atoms with Crippen LogP contribution in [0.3, 0.4) is 0 Å². The SMILES string of the molecule is C=CC=CC1=C(N(c2ccccc2)c2ccccc2)C(CC=CC)CC1. The van der Waals surface area contributed by atoms with Crippen molar-refractivity contribution in [1.29, 1.82) is 0 Å². The second-order valence-electron chi connectivity index (χ2n) is 6.55. The van der Waals surface area contributed by atoms with Crippen molar-refractivity contribution in [3.8, 4) is 0 Å². The first-order chi connectivity index (χ1) is 12.8. The zero-order valence-electron chi connectivity index (χ0n) is 15.5. The zero-order chi connectivity index (χ0) is 18.2. The average molecular weight is 341 g/mol. The Kier molecular flexibility index (Phi) is 6.27. The molecule has 26 heavy (non-hydrogen) atoms. The van der Waals surface area contributed by atoms with Gasteiger partial charge in [0.1, 0.15) is 0 Å². The van der Waals surface area contributed by atoms with Crippen LogP contribution in [0.2, 0.25) is 0 Å². The van der Waals surface area contributed by atoms with Crippen molar-refractivity contribution < 1.29 is 0 Å². The fourth-order valence-corrected chi connectivity index (χ4v) is 3.65. The number of benzene rings is 2. The molecule has 0 spiro atoms. The molecule has 1 heteroatoms. The molecule has 2 aromatic rings. The van der Waals surface area contributed by atoms with Gasteiger partial charge in [0, 0.05) is 23.0 Å². The molecule has 0 saturated carbocycles. The summed E-state index contributed by atoms with van der Waals surface area (Å²) in [6.45, 7) is 5.94. The molecule has 0 N–H and O–H groups in total. The van der Waals surface area contributed by atoms with E-state index in [0.29, 0.717) is 5.92 Å². The van der Waals surface area contributed by atoms with Gasteiger partial charge in [0.05, 0.1) is 0 Å². The third-order valence-corrected chi connectivity index (χ3v) is 4.84. The number of nitrogens with zero attached hydrogens (tertiary/aromatic N) is 1. The minimum absolute atomic E-state index is 0.524. The minimum Gasteiger partial charge on any atom is -0.314 e. The molecular weight excluding hydrogens is 314 g/mol. The van der Waals surface area contributed by atoms with Crippen molar-refractivity contribution in [3.63, 3.8) is 0 Å². The molecule has 2 aromatic carbocycles. The summed E-state index contributed by atoms with van der Waals surface area (Å²) in [7, 11) is 0. The van der Waals surface area contributed by atoms with E-state index in [4.69, 9.17) is 0 Å². The molecule has 1 unspecified atom stereocenters. The van der Waals surface area contributed by atoms with Crippen LogP contribution in [-0.4, -0.2) is 0 Å². The van der Waals surface area contributed by atoms with Crippen LogP contribution in [0.1, 0.15) is 26.2 Å². The van der Waals surface area contributed by atoms with Crippen molar-refractivity contribution in [3.05, 3.63) is 109 Å². The van der Waals surface area contributed by atoms with Crippen LogP contribution in [0.25, 0.3) is 0 Å². The second kappa shape index (κ2) is 9.05. The lowest BCUT2D eigenvalue weighted by molar-refractivity contribution is 0.605. The van der Waals surface area contributed by atoms with E-state index >= 15 is 0 Å². The highest BCUT2D eigenvalue weighted by molar-refractivity contribution is 5.70. The van der Waals surface area contributed by atoms with E-state index in [9.17, 15) is 0 Å². The predicted molar refractivity (Wildman–Crippen MR) is 114 cm³/mol. The quantitative estimate of drug-likeness (QED) is 0.380. The minimum atomic E-state index is 0.524. The molecule has 1 aliphatic carbocycles. The standard InChI is InChI=1S/C25H27N/c1-3-5-13-21-19-20-22(14-6-4-2)25(21)26(23-15-9-7-10-16-23)24-17-11-8-12-18-24/h3-13,15-18,22H,1,14,19-20H2,2H3. The first-order valence-corrected chi connectivity index (χ1v) is 9.38. The summed E-state index contributed by atoms with van der Waals surface area (Å²) in [5, 5.41) is 0. The van der Waals surface area contributed by atoms with E-state index in [1.807, 2.05) is 6.08 Å². The van der Waals surface area contributed by atoms with Crippen LogP contribution in [-0.2, 0) is 0 Å². The van der Waals surface area contributed by atoms with Gasteiger partial charge >= 0.3 is 0 Å². The van der Waals surface area contributed by atoms with Gasteiger partial charge in [-0.25, -0.2) is 0 Å². The van der Waals surface area contributed by atoms with Gasteiger partial charge in [0.2, 0.25) is 0 Å². The van der Waals surface area contributed by atoms with E-state index < -0.39 is 0 Å². The molecule has 132 valence electrons. The van der Waals surface area contributed by atoms with Gasteiger partial charge in [-0.15, -0.1) is 0 Å². The third-order valence-electron chi connectivity index (χ3n) is 4.84. The molecule has 0 amide bonds. The van der Waals surface area contributed by atoms with Gasteiger partial charge in [0.15, 0.2) is 0 Å². The van der Waals surface area contributed by atoms with E-state index in [1.54, 1.807) is 0 Å². The summed E-state index contributed by atoms with van der Waals surface area (Å²) in [4.78, 5) is 2.43. The van der Waals surface area contributed by atoms with Gasteiger partial charge in [-0.3, -0.25) is 0 Å². The van der Waals surface area contributed by atoms with Gasteiger partial charge in [-0.2, -0.15) is 0 Å². The highest BCUT2D eigenvalue weighted by atomic mass is 15.2. The summed E-state index contributed by atoms with van der Waals surface area (Å²) >= 11 is 0. The Morgan fingerprint density at radius 1 is 1.00 bits per heavy atom. The normalized spacial score (nSPS) is 17.3. The molecule has 3 rings (SSSR count). The maximum absolute atomic E-state index is 3.84. The van der Waals surface area contributed by atoms with E-state index in [2.05, 4.69) is 103 Å². The molecule has 0 aliphatic heterocycles. The Balaban J connectivity index is 2.14. The van der Waals surface area contributed by atoms with Crippen LogP contribution in [0.15, 0.2) is 109 Å². The Morgan fingerprint density at radius 2 is 1.62 bits per heavy atom. The summed E-state index contributed by atoms with van der Waals surface area (Å²) in [6, 6.07) is 21.4. The van der Waals surface area contributed by atoms with E-state index in [1.165, 1.54) is 29.1 Å². The smallest absolute Gasteiger partial charge is 0.0458 e. The van der Waals surface area contributed by atoms with E-state index in [0.717, 1.165) is 12.8 Å². The van der Waals surface area contributed by atoms with Crippen LogP contribution < -0.4 is 4.90 Å². The topological polar surface area (TPSA) is 3.24 Å². The van der Waals surface area contributed by atoms with Crippen molar-refractivity contribution in [2.24, 2.45) is 5.92 Å². The average Bonchev–Trinajstić information content (AvgIpc) is 3.09. The molecule has 0 bridgehead atoms. The Morgan fingerprint density at radius 3 is 2.15 bits per heavy atom. The number of rotatable bonds is 7. The summed E-state index contributed by atoms with van der Waals surface area (Å²) in [5.74, 6) is 0.524. The van der Waals surface area contributed by atoms with Crippen molar-refractivity contribution in [2.45, 2.75) is 26.2 Å². The van der Waals surface area contributed by atoms with Crippen molar-refractivity contribution in [1.82, 2.24) is 0 Å². The first-order valence-electron chi connectivity index (χ1n) is 9.38. The summed E-state index contributed by atoms with van der Waals surface area (Å²) in [6.07, 6.45) is 14.0. The number of hydrogen-bond acceptors (Lipinski definition) is 1. The number of hydrogen-bond donors (Lipinski definition) is 0. The summed E-state index contributed by atoms with van der Waals surface area (Å²) < 4.78 is 0. The van der Waals surface area contributed by atoms with Crippen molar-refractivity contribution in [2.75, 3.05) is 4.90 Å². The molecule has 0 radical (unpaired) electrons. The maximum atomic E-state index is 3.84. The molecule has 1 nitrogen and oxygen atoms in total. The molecule has 0 saturated heterocycles. The largest absolute Gasteiger partial charge is 0.314 e. The van der Waals surface area contributed by atoms with Crippen LogP contribution in [0.4, 0.5) is 11.4 Å². The lowest BCUT2D eigenvalue weighted by Gasteiger charge is -2.31. The molecule has 1 aliphatic rings. The van der Waals surface area contributed by atoms with Crippen LogP contribution >= 0.6 is 0 Å². The number of para-hydroxylation sites is 2. The van der Waals surface area contributed by atoms with Gasteiger partial charge < -0.3 is 4.90 Å². The number of allylic oxidation sites excluding steroid dienone is 7. The Bertz CT molecular complexity index is 757. The molecule has 0 fully saturated rings. The molecular formula is C25H27N. The zero-order valence-corrected chi connectivity index (χ0v) is 15.5. The first kappa shape index (κ1) is 18.0. The van der Waals surface area contributed by atoms with Crippen molar-refractivity contribution >= 4 is 11.4 Å². The summed E-state index contributed by atoms with van der Waals surface area (Å²) in [5.41, 5.74) is 5.25. The lowest BCUT2D eigenvalue weighted by Crippen LogP contribution is -2.21. The molecule has 0 heterocycles. The monoisotopic (exact) mass is 341 g/mol. The maximum Gasteiger partial charge on any atom is 0.0458 e. The highest BCUT2D eigenvalue weighted by Crippen LogP contribution is 2.43. The second-order valence-corrected chi connectivity index (χ2v) is 6.55. The fourth-order valence-electron chi connectivity index (χ4n) is 3.65. The fraction of sp³-hybridized carbons (Fsp3) is 0.200. The predicted octanol–water partition coefficient (Wildman–Crippen LogP) is 7.20. The molecule has 0 aromatic heterocycles. The Labute approximate surface area is 157 Å². The highest BCUT2D eigenvalue weighted by Gasteiger charge is 2.29. The van der Waals surface area contributed by atoms with Gasteiger partial charge in [-0.05, 0) is 56.0 Å². The van der Waals surface area contributed by atoms with E-state index in [-0.39, 0.29) is 0 Å². The van der Waals surface area contributed by atoms with Gasteiger partial charge in [-0.1, -0.05) is 73.4 Å².